The zero-order valence-electron chi connectivity index (χ0n) is 19.6. The number of hydrogen-bond donors (Lipinski definition) is 0. The summed E-state index contributed by atoms with van der Waals surface area (Å²) < 4.78 is 0. The normalized spacial score (nSPS) is 12.5. The SMILES string of the molecule is CCC(C)(C)c1ccccc1-c1cccc2nn(-c3ccccc3C(C)(C)CC)nc12. The number of aromatic nitrogens is 3. The van der Waals surface area contributed by atoms with Crippen molar-refractivity contribution in [2.75, 3.05) is 0 Å². The smallest absolute Gasteiger partial charge is 0.121 e. The Bertz CT molecular complexity index is 1210. The van der Waals surface area contributed by atoms with Gasteiger partial charge in [-0.3, -0.25) is 0 Å². The van der Waals surface area contributed by atoms with E-state index in [0.29, 0.717) is 0 Å². The zero-order valence-corrected chi connectivity index (χ0v) is 19.6. The average molecular weight is 412 g/mol. The maximum absolute atomic E-state index is 5.02. The van der Waals surface area contributed by atoms with Crippen LogP contribution in [0.4, 0.5) is 0 Å². The molecule has 0 saturated heterocycles. The molecule has 0 atom stereocenters. The predicted molar refractivity (Wildman–Crippen MR) is 131 cm³/mol. The molecule has 3 aromatic carbocycles. The minimum absolute atomic E-state index is 0.0526. The van der Waals surface area contributed by atoms with Crippen LogP contribution in [0.25, 0.3) is 27.8 Å². The highest BCUT2D eigenvalue weighted by Gasteiger charge is 2.25. The lowest BCUT2D eigenvalue weighted by Crippen LogP contribution is -2.19. The van der Waals surface area contributed by atoms with E-state index >= 15 is 0 Å². The van der Waals surface area contributed by atoms with E-state index in [1.807, 2.05) is 4.80 Å². The Labute approximate surface area is 186 Å². The van der Waals surface area contributed by atoms with Gasteiger partial charge >= 0.3 is 0 Å². The molecule has 0 saturated carbocycles. The summed E-state index contributed by atoms with van der Waals surface area (Å²) in [6.07, 6.45) is 2.13. The van der Waals surface area contributed by atoms with Gasteiger partial charge in [-0.25, -0.2) is 0 Å². The first-order chi connectivity index (χ1) is 14.8. The van der Waals surface area contributed by atoms with Gasteiger partial charge in [0, 0.05) is 5.56 Å². The molecule has 3 heteroatoms. The van der Waals surface area contributed by atoms with Gasteiger partial charge in [0.25, 0.3) is 0 Å². The molecule has 4 aromatic rings. The molecule has 4 rings (SSSR count). The van der Waals surface area contributed by atoms with E-state index in [2.05, 4.69) is 108 Å². The standard InChI is InChI=1S/C28H33N3/c1-7-27(3,4)22-16-10-9-14-20(22)21-15-13-18-24-26(21)30-31(29-24)25-19-12-11-17-23(25)28(5,6)8-2/h9-19H,7-8H2,1-6H3. The van der Waals surface area contributed by atoms with Crippen molar-refractivity contribution in [3.63, 3.8) is 0 Å². The van der Waals surface area contributed by atoms with Crippen LogP contribution in [0.5, 0.6) is 0 Å². The lowest BCUT2D eigenvalue weighted by atomic mass is 9.78. The first-order valence-corrected chi connectivity index (χ1v) is 11.3. The van der Waals surface area contributed by atoms with E-state index in [-0.39, 0.29) is 10.8 Å². The Hall–Kier alpha value is -2.94. The molecule has 0 aliphatic heterocycles. The quantitative estimate of drug-likeness (QED) is 0.329. The van der Waals surface area contributed by atoms with Gasteiger partial charge in [-0.1, -0.05) is 96.1 Å². The number of fused-ring (bicyclic) bond motifs is 1. The van der Waals surface area contributed by atoms with Gasteiger partial charge in [0.1, 0.15) is 11.0 Å². The van der Waals surface area contributed by atoms with E-state index < -0.39 is 0 Å². The van der Waals surface area contributed by atoms with Crippen LogP contribution in [-0.2, 0) is 10.8 Å². The van der Waals surface area contributed by atoms with Gasteiger partial charge < -0.3 is 0 Å². The summed E-state index contributed by atoms with van der Waals surface area (Å²) in [5, 5.41) is 9.92. The number of nitrogens with zero attached hydrogens (tertiary/aromatic N) is 3. The van der Waals surface area contributed by atoms with Crippen LogP contribution < -0.4 is 0 Å². The fourth-order valence-electron chi connectivity index (χ4n) is 4.17. The van der Waals surface area contributed by atoms with E-state index in [1.165, 1.54) is 16.7 Å². The maximum atomic E-state index is 5.02. The lowest BCUT2D eigenvalue weighted by molar-refractivity contribution is 0.500. The highest BCUT2D eigenvalue weighted by Crippen LogP contribution is 2.38. The average Bonchev–Trinajstić information content (AvgIpc) is 3.23. The van der Waals surface area contributed by atoms with Crippen LogP contribution in [0.3, 0.4) is 0 Å². The molecule has 0 aliphatic rings. The second-order valence-electron chi connectivity index (χ2n) is 9.70. The molecule has 1 heterocycles. The molecule has 0 fully saturated rings. The highest BCUT2D eigenvalue weighted by atomic mass is 15.5. The van der Waals surface area contributed by atoms with Gasteiger partial charge in [0.05, 0.1) is 5.69 Å². The fourth-order valence-corrected chi connectivity index (χ4v) is 4.17. The van der Waals surface area contributed by atoms with Crippen molar-refractivity contribution in [2.24, 2.45) is 0 Å². The number of hydrogen-bond acceptors (Lipinski definition) is 2. The van der Waals surface area contributed by atoms with Crippen LogP contribution in [0.2, 0.25) is 0 Å². The molecule has 0 aliphatic carbocycles. The first-order valence-electron chi connectivity index (χ1n) is 11.3. The van der Waals surface area contributed by atoms with Crippen LogP contribution in [0.1, 0.15) is 65.5 Å². The molecule has 160 valence electrons. The Morgan fingerprint density at radius 1 is 0.645 bits per heavy atom. The second kappa shape index (κ2) is 7.96. The third-order valence-corrected chi connectivity index (χ3v) is 6.97. The van der Waals surface area contributed by atoms with Crippen LogP contribution in [-0.4, -0.2) is 15.0 Å². The van der Waals surface area contributed by atoms with Crippen molar-refractivity contribution in [3.8, 4) is 16.8 Å². The molecule has 0 unspecified atom stereocenters. The molecule has 0 amide bonds. The minimum Gasteiger partial charge on any atom is -0.150 e. The van der Waals surface area contributed by atoms with Gasteiger partial charge in [0.15, 0.2) is 0 Å². The van der Waals surface area contributed by atoms with Crippen molar-refractivity contribution in [3.05, 3.63) is 77.9 Å². The summed E-state index contributed by atoms with van der Waals surface area (Å²) >= 11 is 0. The Balaban J connectivity index is 1.93. The minimum atomic E-state index is 0.0526. The topological polar surface area (TPSA) is 30.7 Å². The molecule has 1 aromatic heterocycles. The van der Waals surface area contributed by atoms with Crippen LogP contribution >= 0.6 is 0 Å². The van der Waals surface area contributed by atoms with E-state index in [0.717, 1.165) is 35.1 Å². The lowest BCUT2D eigenvalue weighted by Gasteiger charge is -2.26. The molecule has 31 heavy (non-hydrogen) atoms. The van der Waals surface area contributed by atoms with Gasteiger partial charge in [-0.05, 0) is 52.5 Å². The summed E-state index contributed by atoms with van der Waals surface area (Å²) in [7, 11) is 0. The largest absolute Gasteiger partial charge is 0.150 e. The third-order valence-electron chi connectivity index (χ3n) is 6.97. The van der Waals surface area contributed by atoms with Gasteiger partial charge in [0.2, 0.25) is 0 Å². The van der Waals surface area contributed by atoms with Crippen molar-refractivity contribution in [1.29, 1.82) is 0 Å². The number of benzene rings is 3. The summed E-state index contributed by atoms with van der Waals surface area (Å²) in [6.45, 7) is 13.7. The van der Waals surface area contributed by atoms with Crippen molar-refractivity contribution >= 4 is 11.0 Å². The van der Waals surface area contributed by atoms with Crippen molar-refractivity contribution in [1.82, 2.24) is 15.0 Å². The maximum Gasteiger partial charge on any atom is 0.121 e. The second-order valence-corrected chi connectivity index (χ2v) is 9.70. The summed E-state index contributed by atoms with van der Waals surface area (Å²) in [5.74, 6) is 0. The summed E-state index contributed by atoms with van der Waals surface area (Å²) in [5.41, 5.74) is 8.08. The summed E-state index contributed by atoms with van der Waals surface area (Å²) in [6, 6.07) is 23.5. The molecular weight excluding hydrogens is 378 g/mol. The Morgan fingerprint density at radius 2 is 1.23 bits per heavy atom. The third kappa shape index (κ3) is 3.78. The first kappa shape index (κ1) is 21.3. The zero-order chi connectivity index (χ0) is 22.2. The monoisotopic (exact) mass is 411 g/mol. The van der Waals surface area contributed by atoms with Crippen molar-refractivity contribution in [2.45, 2.75) is 65.2 Å². The molecule has 0 bridgehead atoms. The molecule has 0 spiro atoms. The van der Waals surface area contributed by atoms with E-state index in [9.17, 15) is 0 Å². The highest BCUT2D eigenvalue weighted by molar-refractivity contribution is 5.92. The molecular formula is C28H33N3. The fraction of sp³-hybridized carbons (Fsp3) is 0.357. The number of rotatable bonds is 6. The van der Waals surface area contributed by atoms with Crippen molar-refractivity contribution < 1.29 is 0 Å². The van der Waals surface area contributed by atoms with Crippen LogP contribution in [0.15, 0.2) is 66.7 Å². The Morgan fingerprint density at radius 3 is 1.94 bits per heavy atom. The predicted octanol–water partition coefficient (Wildman–Crippen LogP) is 7.46. The van der Waals surface area contributed by atoms with E-state index in [4.69, 9.17) is 10.2 Å². The van der Waals surface area contributed by atoms with Gasteiger partial charge in [-0.2, -0.15) is 4.80 Å². The Kier molecular flexibility index (Phi) is 5.47. The number of para-hydroxylation sites is 1. The van der Waals surface area contributed by atoms with Crippen LogP contribution in [0, 0.1) is 0 Å². The van der Waals surface area contributed by atoms with E-state index in [1.54, 1.807) is 0 Å². The molecule has 3 nitrogen and oxygen atoms in total. The molecule has 0 N–H and O–H groups in total. The molecule has 0 radical (unpaired) electrons. The van der Waals surface area contributed by atoms with Gasteiger partial charge in [-0.15, -0.1) is 10.2 Å². The summed E-state index contributed by atoms with van der Waals surface area (Å²) in [4.78, 5) is 1.83.